The Labute approximate surface area is 100 Å². The predicted molar refractivity (Wildman–Crippen MR) is 71.7 cm³/mol. The van der Waals surface area contributed by atoms with Crippen LogP contribution in [0.4, 0.5) is 0 Å². The smallest absolute Gasteiger partial charge is 0.00754 e. The number of nitrogens with two attached hydrogens (primary N) is 1. The zero-order chi connectivity index (χ0) is 12.0. The van der Waals surface area contributed by atoms with Gasteiger partial charge in [0, 0.05) is 12.0 Å². The lowest BCUT2D eigenvalue weighted by atomic mass is 9.73. The van der Waals surface area contributed by atoms with Crippen LogP contribution in [0.1, 0.15) is 50.7 Å². The molecule has 1 rings (SSSR count). The van der Waals surface area contributed by atoms with Crippen LogP contribution < -0.4 is 5.73 Å². The molecule has 0 spiro atoms. The van der Waals surface area contributed by atoms with Gasteiger partial charge >= 0.3 is 0 Å². The Kier molecular flexibility index (Phi) is 5.01. The monoisotopic (exact) mass is 219 g/mol. The molecule has 0 aliphatic heterocycles. The van der Waals surface area contributed by atoms with Crippen molar-refractivity contribution in [1.82, 2.24) is 0 Å². The van der Waals surface area contributed by atoms with Gasteiger partial charge in [-0.3, -0.25) is 0 Å². The highest BCUT2D eigenvalue weighted by molar-refractivity contribution is 5.30. The van der Waals surface area contributed by atoms with Crippen molar-refractivity contribution in [2.24, 2.45) is 5.73 Å². The van der Waals surface area contributed by atoms with E-state index in [1.54, 1.807) is 0 Å². The Bertz CT molecular complexity index is 311. The summed E-state index contributed by atoms with van der Waals surface area (Å²) in [6.45, 7) is 7.41. The average Bonchev–Trinajstić information content (AvgIpc) is 2.28. The van der Waals surface area contributed by atoms with Gasteiger partial charge < -0.3 is 5.73 Å². The van der Waals surface area contributed by atoms with Crippen LogP contribution in [0.2, 0.25) is 0 Å². The molecule has 1 aromatic carbocycles. The van der Waals surface area contributed by atoms with E-state index in [9.17, 15) is 0 Å². The highest BCUT2D eigenvalue weighted by atomic mass is 14.6. The van der Waals surface area contributed by atoms with Crippen LogP contribution in [-0.4, -0.2) is 6.54 Å². The van der Waals surface area contributed by atoms with Crippen molar-refractivity contribution < 1.29 is 0 Å². The van der Waals surface area contributed by atoms with Crippen LogP contribution in [0.25, 0.3) is 0 Å². The molecule has 2 N–H and O–H groups in total. The molecule has 0 bridgehead atoms. The molecule has 0 amide bonds. The fraction of sp³-hybridized carbons (Fsp3) is 0.600. The summed E-state index contributed by atoms with van der Waals surface area (Å²) in [6.07, 6.45) is 4.79. The standard InChI is InChI=1S/C15H25N/c1-4-9-15(12-16,10-5-2)14-8-6-7-13(3)11-14/h6-8,11H,4-5,9-10,12,16H2,1-3H3. The average molecular weight is 219 g/mol. The summed E-state index contributed by atoms with van der Waals surface area (Å²) in [5.41, 5.74) is 9.03. The summed E-state index contributed by atoms with van der Waals surface area (Å²) in [5, 5.41) is 0. The maximum atomic E-state index is 6.06. The Balaban J connectivity index is 3.07. The van der Waals surface area contributed by atoms with Crippen LogP contribution >= 0.6 is 0 Å². The largest absolute Gasteiger partial charge is 0.330 e. The van der Waals surface area contributed by atoms with Crippen molar-refractivity contribution >= 4 is 0 Å². The minimum Gasteiger partial charge on any atom is -0.330 e. The van der Waals surface area contributed by atoms with E-state index >= 15 is 0 Å². The van der Waals surface area contributed by atoms with E-state index in [1.165, 1.54) is 36.8 Å². The summed E-state index contributed by atoms with van der Waals surface area (Å²) in [6, 6.07) is 8.85. The molecule has 0 saturated carbocycles. The molecule has 1 heteroatoms. The van der Waals surface area contributed by atoms with Crippen LogP contribution in [-0.2, 0) is 5.41 Å². The molecule has 1 aromatic rings. The molecule has 0 heterocycles. The quantitative estimate of drug-likeness (QED) is 0.774. The first-order chi connectivity index (χ1) is 7.68. The van der Waals surface area contributed by atoms with Crippen LogP contribution in [0, 0.1) is 6.92 Å². The molecule has 90 valence electrons. The lowest BCUT2D eigenvalue weighted by molar-refractivity contribution is 0.365. The van der Waals surface area contributed by atoms with E-state index in [-0.39, 0.29) is 5.41 Å². The topological polar surface area (TPSA) is 26.0 Å². The molecule has 0 radical (unpaired) electrons. The molecular weight excluding hydrogens is 194 g/mol. The number of rotatable bonds is 6. The second kappa shape index (κ2) is 6.05. The van der Waals surface area contributed by atoms with E-state index in [4.69, 9.17) is 5.73 Å². The van der Waals surface area contributed by atoms with Gasteiger partial charge in [-0.15, -0.1) is 0 Å². The molecule has 0 fully saturated rings. The minimum atomic E-state index is 0.204. The van der Waals surface area contributed by atoms with Crippen molar-refractivity contribution in [2.75, 3.05) is 6.54 Å². The molecule has 16 heavy (non-hydrogen) atoms. The highest BCUT2D eigenvalue weighted by Crippen LogP contribution is 2.33. The van der Waals surface area contributed by atoms with Crippen molar-refractivity contribution in [3.05, 3.63) is 35.4 Å². The van der Waals surface area contributed by atoms with Crippen molar-refractivity contribution in [2.45, 2.75) is 51.9 Å². The molecule has 0 saturated heterocycles. The van der Waals surface area contributed by atoms with E-state index in [0.29, 0.717) is 0 Å². The van der Waals surface area contributed by atoms with E-state index in [2.05, 4.69) is 45.0 Å². The van der Waals surface area contributed by atoms with Crippen LogP contribution in [0.3, 0.4) is 0 Å². The van der Waals surface area contributed by atoms with Crippen molar-refractivity contribution in [1.29, 1.82) is 0 Å². The Morgan fingerprint density at radius 1 is 1.12 bits per heavy atom. The summed E-state index contributed by atoms with van der Waals surface area (Å²) in [7, 11) is 0. The van der Waals surface area contributed by atoms with Crippen molar-refractivity contribution in [3.8, 4) is 0 Å². The fourth-order valence-corrected chi connectivity index (χ4v) is 2.67. The number of aryl methyl sites for hydroxylation is 1. The SMILES string of the molecule is CCCC(CN)(CCC)c1cccc(C)c1. The van der Waals surface area contributed by atoms with Gasteiger partial charge in [-0.05, 0) is 25.3 Å². The second-order valence-corrected chi connectivity index (χ2v) is 4.85. The van der Waals surface area contributed by atoms with E-state index in [0.717, 1.165) is 6.54 Å². The molecule has 0 aromatic heterocycles. The highest BCUT2D eigenvalue weighted by Gasteiger charge is 2.28. The number of hydrogen-bond acceptors (Lipinski definition) is 1. The molecule has 0 atom stereocenters. The molecule has 0 unspecified atom stereocenters. The summed E-state index contributed by atoms with van der Waals surface area (Å²) < 4.78 is 0. The van der Waals surface area contributed by atoms with Crippen LogP contribution in [0.15, 0.2) is 24.3 Å². The van der Waals surface area contributed by atoms with Crippen molar-refractivity contribution in [3.63, 3.8) is 0 Å². The lowest BCUT2D eigenvalue weighted by Gasteiger charge is -2.33. The maximum absolute atomic E-state index is 6.06. The number of benzene rings is 1. The normalized spacial score (nSPS) is 11.8. The third kappa shape index (κ3) is 2.85. The van der Waals surface area contributed by atoms with Gasteiger partial charge in [0.25, 0.3) is 0 Å². The molecule has 0 aliphatic carbocycles. The van der Waals surface area contributed by atoms with Gasteiger partial charge in [0.05, 0.1) is 0 Å². The minimum absolute atomic E-state index is 0.204. The maximum Gasteiger partial charge on any atom is 0.00754 e. The van der Waals surface area contributed by atoms with Gasteiger partial charge in [0.15, 0.2) is 0 Å². The zero-order valence-electron chi connectivity index (χ0n) is 10.9. The van der Waals surface area contributed by atoms with Gasteiger partial charge in [-0.1, -0.05) is 56.5 Å². The molecule has 0 aliphatic rings. The first-order valence-electron chi connectivity index (χ1n) is 6.45. The summed E-state index contributed by atoms with van der Waals surface area (Å²) in [5.74, 6) is 0. The van der Waals surface area contributed by atoms with Gasteiger partial charge in [-0.25, -0.2) is 0 Å². The fourth-order valence-electron chi connectivity index (χ4n) is 2.67. The van der Waals surface area contributed by atoms with Crippen LogP contribution in [0.5, 0.6) is 0 Å². The second-order valence-electron chi connectivity index (χ2n) is 4.85. The Morgan fingerprint density at radius 2 is 1.75 bits per heavy atom. The third-order valence-corrected chi connectivity index (χ3v) is 3.48. The van der Waals surface area contributed by atoms with E-state index < -0.39 is 0 Å². The van der Waals surface area contributed by atoms with Gasteiger partial charge in [0.2, 0.25) is 0 Å². The summed E-state index contributed by atoms with van der Waals surface area (Å²) in [4.78, 5) is 0. The number of hydrogen-bond donors (Lipinski definition) is 1. The first-order valence-corrected chi connectivity index (χ1v) is 6.45. The lowest BCUT2D eigenvalue weighted by Crippen LogP contribution is -2.35. The molecule has 1 nitrogen and oxygen atoms in total. The third-order valence-electron chi connectivity index (χ3n) is 3.48. The van der Waals surface area contributed by atoms with E-state index in [1.807, 2.05) is 0 Å². The van der Waals surface area contributed by atoms with Gasteiger partial charge in [-0.2, -0.15) is 0 Å². The Hall–Kier alpha value is -0.820. The Morgan fingerprint density at radius 3 is 2.19 bits per heavy atom. The van der Waals surface area contributed by atoms with Gasteiger partial charge in [0.1, 0.15) is 0 Å². The first kappa shape index (κ1) is 13.2. The predicted octanol–water partition coefficient (Wildman–Crippen LogP) is 3.79. The zero-order valence-corrected chi connectivity index (χ0v) is 10.9. The summed E-state index contributed by atoms with van der Waals surface area (Å²) >= 11 is 0. The molecular formula is C15H25N.